The van der Waals surface area contributed by atoms with Crippen LogP contribution in [0.4, 0.5) is 5.95 Å². The van der Waals surface area contributed by atoms with Crippen LogP contribution in [0.2, 0.25) is 0 Å². The first-order valence-corrected chi connectivity index (χ1v) is 10.7. The number of rotatable bonds is 5. The van der Waals surface area contributed by atoms with Crippen LogP contribution in [0, 0.1) is 12.8 Å². The molecule has 1 aromatic carbocycles. The van der Waals surface area contributed by atoms with Crippen molar-refractivity contribution in [3.63, 3.8) is 0 Å². The number of amides is 2. The highest BCUT2D eigenvalue weighted by Gasteiger charge is 2.26. The summed E-state index contributed by atoms with van der Waals surface area (Å²) in [5.41, 5.74) is 8.76. The first kappa shape index (κ1) is 20.1. The molecule has 4 rings (SSSR count). The molecule has 4 N–H and O–H groups in total. The summed E-state index contributed by atoms with van der Waals surface area (Å²) in [7, 11) is 0. The average molecular weight is 426 g/mol. The number of thiophene rings is 1. The van der Waals surface area contributed by atoms with Crippen molar-refractivity contribution in [2.75, 3.05) is 24.5 Å². The zero-order chi connectivity index (χ0) is 21.3. The Bertz CT molecular complexity index is 1160. The third-order valence-corrected chi connectivity index (χ3v) is 6.31. The van der Waals surface area contributed by atoms with Crippen molar-refractivity contribution in [2.24, 2.45) is 11.7 Å². The molecule has 2 aromatic heterocycles. The van der Waals surface area contributed by atoms with Crippen molar-refractivity contribution >= 4 is 39.3 Å². The number of nitrogens with one attached hydrogen (secondary N) is 2. The lowest BCUT2D eigenvalue weighted by Gasteiger charge is -2.31. The number of carbonyl (C=O) groups is 2. The maximum atomic E-state index is 12.7. The van der Waals surface area contributed by atoms with Gasteiger partial charge in [0.15, 0.2) is 0 Å². The number of H-pyrrole nitrogens is 1. The van der Waals surface area contributed by atoms with Crippen molar-refractivity contribution in [1.29, 1.82) is 0 Å². The van der Waals surface area contributed by atoms with E-state index in [9.17, 15) is 14.4 Å². The minimum absolute atomic E-state index is 0.148. The van der Waals surface area contributed by atoms with Gasteiger partial charge in [-0.2, -0.15) is 0 Å². The quantitative estimate of drug-likeness (QED) is 0.575. The smallest absolute Gasteiger partial charge is 0.270 e. The fraction of sp³-hybridized carbons (Fsp3) is 0.333. The topological polar surface area (TPSA) is 121 Å². The second kappa shape index (κ2) is 8.27. The molecular formula is C21H23N5O3S. The van der Waals surface area contributed by atoms with E-state index in [2.05, 4.69) is 16.4 Å². The van der Waals surface area contributed by atoms with Crippen LogP contribution in [-0.2, 0) is 9.59 Å². The highest BCUT2D eigenvalue weighted by molar-refractivity contribution is 7.17. The van der Waals surface area contributed by atoms with Gasteiger partial charge in [-0.1, -0.05) is 29.8 Å². The third-order valence-electron chi connectivity index (χ3n) is 5.35. The van der Waals surface area contributed by atoms with Crippen molar-refractivity contribution in [3.05, 3.63) is 45.6 Å². The number of carbonyl (C=O) groups excluding carboxylic acids is 2. The highest BCUT2D eigenvalue weighted by atomic mass is 32.1. The number of hydrogen-bond acceptors (Lipinski definition) is 6. The number of nitrogens with two attached hydrogens (primary N) is 1. The number of nitrogens with zero attached hydrogens (tertiary/aromatic N) is 2. The summed E-state index contributed by atoms with van der Waals surface area (Å²) >= 11 is 1.39. The number of anilines is 1. The zero-order valence-corrected chi connectivity index (χ0v) is 17.4. The molecule has 9 heteroatoms. The first-order chi connectivity index (χ1) is 14.4. The number of aromatic amines is 1. The normalized spacial score (nSPS) is 14.8. The van der Waals surface area contributed by atoms with Crippen LogP contribution in [0.3, 0.4) is 0 Å². The van der Waals surface area contributed by atoms with E-state index in [1.54, 1.807) is 0 Å². The Morgan fingerprint density at radius 1 is 1.33 bits per heavy atom. The second-order valence-electron chi connectivity index (χ2n) is 7.53. The number of hydrogen-bond donors (Lipinski definition) is 3. The predicted molar refractivity (Wildman–Crippen MR) is 118 cm³/mol. The lowest BCUT2D eigenvalue weighted by molar-refractivity contribution is -0.128. The number of fused-ring (bicyclic) bond motifs is 1. The molecule has 1 aliphatic rings. The van der Waals surface area contributed by atoms with Crippen molar-refractivity contribution < 1.29 is 9.59 Å². The van der Waals surface area contributed by atoms with Crippen LogP contribution in [0.1, 0.15) is 18.4 Å². The van der Waals surface area contributed by atoms with Crippen LogP contribution in [0.25, 0.3) is 21.3 Å². The van der Waals surface area contributed by atoms with E-state index in [1.165, 1.54) is 11.3 Å². The standard InChI is InChI=1S/C21H23N5O3S/c1-12-3-2-4-14(9-12)15-11-30-18-17(15)24-21(25-20(18)29)26-7-5-13(6-8-26)19(28)23-10-16(22)27/h2-4,9,11,13H,5-8,10H2,1H3,(H2,22,27)(H,23,28)(H,24,25,29). The van der Waals surface area contributed by atoms with Gasteiger partial charge in [0.1, 0.15) is 4.70 Å². The molecule has 0 radical (unpaired) electrons. The van der Waals surface area contributed by atoms with E-state index < -0.39 is 5.91 Å². The maximum Gasteiger partial charge on any atom is 0.270 e. The van der Waals surface area contributed by atoms with Crippen LogP contribution in [-0.4, -0.2) is 41.4 Å². The summed E-state index contributed by atoms with van der Waals surface area (Å²) in [4.78, 5) is 45.3. The Morgan fingerprint density at radius 3 is 2.80 bits per heavy atom. The maximum absolute atomic E-state index is 12.7. The number of aromatic nitrogens is 2. The van der Waals surface area contributed by atoms with Gasteiger partial charge in [0, 0.05) is 30.0 Å². The molecular weight excluding hydrogens is 402 g/mol. The predicted octanol–water partition coefficient (Wildman–Crippen LogP) is 1.78. The minimum atomic E-state index is -0.559. The minimum Gasteiger partial charge on any atom is -0.368 e. The molecule has 0 unspecified atom stereocenters. The van der Waals surface area contributed by atoms with E-state index in [1.807, 2.05) is 35.4 Å². The molecule has 2 amide bonds. The Morgan fingerprint density at radius 2 is 2.10 bits per heavy atom. The number of primary amides is 1. The van der Waals surface area contributed by atoms with E-state index in [0.717, 1.165) is 16.7 Å². The molecule has 1 aliphatic heterocycles. The number of piperidine rings is 1. The summed E-state index contributed by atoms with van der Waals surface area (Å²) in [6, 6.07) is 8.14. The summed E-state index contributed by atoms with van der Waals surface area (Å²) in [5.74, 6) is -0.378. The zero-order valence-electron chi connectivity index (χ0n) is 16.6. The Labute approximate surface area is 177 Å². The lowest BCUT2D eigenvalue weighted by atomic mass is 9.96. The average Bonchev–Trinajstić information content (AvgIpc) is 3.17. The summed E-state index contributed by atoms with van der Waals surface area (Å²) in [5, 5.41) is 4.54. The van der Waals surface area contributed by atoms with Gasteiger partial charge in [-0.25, -0.2) is 4.98 Å². The van der Waals surface area contributed by atoms with Crippen LogP contribution in [0.5, 0.6) is 0 Å². The molecule has 0 saturated carbocycles. The molecule has 3 aromatic rings. The Balaban J connectivity index is 1.56. The molecule has 1 fully saturated rings. The summed E-state index contributed by atoms with van der Waals surface area (Å²) in [6.07, 6.45) is 1.22. The van der Waals surface area contributed by atoms with Gasteiger partial charge in [0.05, 0.1) is 12.1 Å². The fourth-order valence-electron chi connectivity index (χ4n) is 3.76. The molecule has 0 aliphatic carbocycles. The first-order valence-electron chi connectivity index (χ1n) is 9.82. The molecule has 0 bridgehead atoms. The van der Waals surface area contributed by atoms with Crippen molar-refractivity contribution in [2.45, 2.75) is 19.8 Å². The van der Waals surface area contributed by atoms with Crippen molar-refractivity contribution in [3.8, 4) is 11.1 Å². The SMILES string of the molecule is Cc1cccc(-c2csc3c(=O)[nH]c(N4CCC(C(=O)NCC(N)=O)CC4)nc23)c1. The van der Waals surface area contributed by atoms with E-state index in [4.69, 9.17) is 10.7 Å². The third kappa shape index (κ3) is 4.06. The lowest BCUT2D eigenvalue weighted by Crippen LogP contribution is -2.43. The van der Waals surface area contributed by atoms with Crippen LogP contribution < -0.4 is 21.5 Å². The highest BCUT2D eigenvalue weighted by Crippen LogP contribution is 2.32. The molecule has 3 heterocycles. The van der Waals surface area contributed by atoms with Gasteiger partial charge in [-0.3, -0.25) is 19.4 Å². The molecule has 156 valence electrons. The van der Waals surface area contributed by atoms with Crippen LogP contribution in [0.15, 0.2) is 34.4 Å². The molecule has 8 nitrogen and oxygen atoms in total. The molecule has 0 atom stereocenters. The largest absolute Gasteiger partial charge is 0.368 e. The van der Waals surface area contributed by atoms with Gasteiger partial charge in [-0.05, 0) is 25.3 Å². The Hall–Kier alpha value is -3.20. The van der Waals surface area contributed by atoms with Crippen LogP contribution >= 0.6 is 11.3 Å². The van der Waals surface area contributed by atoms with Gasteiger partial charge >= 0.3 is 0 Å². The Kier molecular flexibility index (Phi) is 5.54. The fourth-order valence-corrected chi connectivity index (χ4v) is 4.66. The van der Waals surface area contributed by atoms with Crippen molar-refractivity contribution in [1.82, 2.24) is 15.3 Å². The van der Waals surface area contributed by atoms with E-state index >= 15 is 0 Å². The molecule has 1 saturated heterocycles. The van der Waals surface area contributed by atoms with E-state index in [0.29, 0.717) is 42.1 Å². The monoisotopic (exact) mass is 425 g/mol. The second-order valence-corrected chi connectivity index (χ2v) is 8.41. The number of aryl methyl sites for hydroxylation is 1. The van der Waals surface area contributed by atoms with Gasteiger partial charge in [0.2, 0.25) is 17.8 Å². The molecule has 30 heavy (non-hydrogen) atoms. The van der Waals surface area contributed by atoms with Gasteiger partial charge in [0.25, 0.3) is 5.56 Å². The number of benzene rings is 1. The molecule has 0 spiro atoms. The summed E-state index contributed by atoms with van der Waals surface area (Å²) in [6.45, 7) is 3.07. The van der Waals surface area contributed by atoms with Gasteiger partial charge in [-0.15, -0.1) is 11.3 Å². The van der Waals surface area contributed by atoms with Gasteiger partial charge < -0.3 is 16.0 Å². The summed E-state index contributed by atoms with van der Waals surface area (Å²) < 4.78 is 0.607. The van der Waals surface area contributed by atoms with E-state index in [-0.39, 0.29) is 23.9 Å².